The molecule has 5 rings (SSSR count). The van der Waals surface area contributed by atoms with Crippen LogP contribution in [0, 0.1) is 0 Å². The zero-order chi connectivity index (χ0) is 23.4. The van der Waals surface area contributed by atoms with E-state index in [9.17, 15) is 8.42 Å². The van der Waals surface area contributed by atoms with Gasteiger partial charge in [0.05, 0.1) is 5.25 Å². The molecule has 0 amide bonds. The van der Waals surface area contributed by atoms with Crippen molar-refractivity contribution in [1.82, 2.24) is 14.3 Å². The molecule has 0 unspecified atom stereocenters. The van der Waals surface area contributed by atoms with Crippen LogP contribution in [0.5, 0.6) is 0 Å². The van der Waals surface area contributed by atoms with Crippen molar-refractivity contribution in [2.24, 2.45) is 0 Å². The van der Waals surface area contributed by atoms with Crippen LogP contribution in [-0.4, -0.2) is 41.0 Å². The molecule has 3 heterocycles. The van der Waals surface area contributed by atoms with Crippen molar-refractivity contribution >= 4 is 32.3 Å². The molecule has 1 aliphatic heterocycles. The molecule has 6 nitrogen and oxygen atoms in total. The van der Waals surface area contributed by atoms with Gasteiger partial charge in [-0.15, -0.1) is 11.3 Å². The predicted molar refractivity (Wildman–Crippen MR) is 138 cm³/mol. The molecular formula is C26H32N4O2S2. The first-order valence-electron chi connectivity index (χ1n) is 12.3. The molecule has 2 aliphatic rings. The zero-order valence-electron chi connectivity index (χ0n) is 19.4. The van der Waals surface area contributed by atoms with Gasteiger partial charge in [0, 0.05) is 42.2 Å². The lowest BCUT2D eigenvalue weighted by atomic mass is 9.94. The summed E-state index contributed by atoms with van der Waals surface area (Å²) in [5.74, 6) is 1.07. The van der Waals surface area contributed by atoms with Gasteiger partial charge in [-0.3, -0.25) is 0 Å². The monoisotopic (exact) mass is 496 g/mol. The molecule has 0 bridgehead atoms. The summed E-state index contributed by atoms with van der Waals surface area (Å²) in [5.41, 5.74) is 2.30. The first kappa shape index (κ1) is 23.5. The molecular weight excluding hydrogens is 464 g/mol. The van der Waals surface area contributed by atoms with E-state index in [2.05, 4.69) is 40.6 Å². The van der Waals surface area contributed by atoms with Crippen LogP contribution in [0.3, 0.4) is 0 Å². The molecule has 2 aromatic heterocycles. The third-order valence-electron chi connectivity index (χ3n) is 6.99. The molecule has 0 radical (unpaired) electrons. The van der Waals surface area contributed by atoms with Crippen molar-refractivity contribution in [2.45, 2.75) is 62.5 Å². The molecule has 2 fully saturated rings. The number of aromatic nitrogens is 2. The number of hydrogen-bond donors (Lipinski definition) is 1. The minimum absolute atomic E-state index is 0.173. The van der Waals surface area contributed by atoms with Crippen molar-refractivity contribution in [2.75, 3.05) is 18.4 Å². The van der Waals surface area contributed by atoms with Crippen LogP contribution in [-0.2, 0) is 16.4 Å². The van der Waals surface area contributed by atoms with E-state index in [1.54, 1.807) is 15.6 Å². The highest BCUT2D eigenvalue weighted by molar-refractivity contribution is 7.89. The highest BCUT2D eigenvalue weighted by atomic mass is 32.2. The third-order valence-corrected chi connectivity index (χ3v) is 10.3. The van der Waals surface area contributed by atoms with Gasteiger partial charge < -0.3 is 5.32 Å². The summed E-state index contributed by atoms with van der Waals surface area (Å²) in [6, 6.07) is 16.4. The number of anilines is 2. The fourth-order valence-electron chi connectivity index (χ4n) is 5.08. The minimum Gasteiger partial charge on any atom is -0.316 e. The Balaban J connectivity index is 1.19. The average molecular weight is 497 g/mol. The van der Waals surface area contributed by atoms with Gasteiger partial charge in [0.2, 0.25) is 10.0 Å². The highest BCUT2D eigenvalue weighted by Crippen LogP contribution is 2.33. The molecule has 0 atom stereocenters. The standard InChI is InChI=1S/C26H32N4O2S2/c31-34(32,23-10-5-2-6-11-23)30-16-14-21(15-17-30)24-12-7-13-25(28-24)29-26-27-19-22(33-26)18-20-8-3-1-4-9-20/h1,3-4,7-9,12-13,19,21,23H,2,5-6,10-11,14-18H2,(H,27,28,29). The lowest BCUT2D eigenvalue weighted by Gasteiger charge is -2.34. The molecule has 180 valence electrons. The van der Waals surface area contributed by atoms with Gasteiger partial charge in [-0.05, 0) is 43.4 Å². The summed E-state index contributed by atoms with van der Waals surface area (Å²) in [6.07, 6.45) is 9.32. The molecule has 1 aromatic carbocycles. The van der Waals surface area contributed by atoms with Crippen LogP contribution in [0.1, 0.15) is 67.0 Å². The Morgan fingerprint density at radius 2 is 1.71 bits per heavy atom. The van der Waals surface area contributed by atoms with Crippen molar-refractivity contribution in [3.63, 3.8) is 0 Å². The third kappa shape index (κ3) is 5.50. The van der Waals surface area contributed by atoms with E-state index >= 15 is 0 Å². The Morgan fingerprint density at radius 1 is 0.941 bits per heavy atom. The maximum atomic E-state index is 13.1. The van der Waals surface area contributed by atoms with Crippen LogP contribution in [0.4, 0.5) is 10.9 Å². The Morgan fingerprint density at radius 3 is 2.47 bits per heavy atom. The second-order valence-electron chi connectivity index (χ2n) is 9.35. The van der Waals surface area contributed by atoms with E-state index in [0.29, 0.717) is 13.1 Å². The highest BCUT2D eigenvalue weighted by Gasteiger charge is 2.35. The lowest BCUT2D eigenvalue weighted by molar-refractivity contribution is 0.308. The van der Waals surface area contributed by atoms with Crippen LogP contribution < -0.4 is 5.32 Å². The lowest BCUT2D eigenvalue weighted by Crippen LogP contribution is -2.43. The Labute approximate surface area is 206 Å². The number of nitrogens with zero attached hydrogens (tertiary/aromatic N) is 3. The van der Waals surface area contributed by atoms with Crippen molar-refractivity contribution < 1.29 is 8.42 Å². The first-order valence-corrected chi connectivity index (χ1v) is 14.6. The molecule has 8 heteroatoms. The number of benzene rings is 1. The van der Waals surface area contributed by atoms with E-state index in [-0.39, 0.29) is 11.2 Å². The Kier molecular flexibility index (Phi) is 7.27. The summed E-state index contributed by atoms with van der Waals surface area (Å²) in [4.78, 5) is 10.6. The van der Waals surface area contributed by atoms with E-state index in [0.717, 1.165) is 61.6 Å². The summed E-state index contributed by atoms with van der Waals surface area (Å²) in [5, 5.41) is 4.02. The van der Waals surface area contributed by atoms with Crippen LogP contribution in [0.15, 0.2) is 54.7 Å². The number of rotatable bonds is 7. The van der Waals surface area contributed by atoms with Crippen molar-refractivity contribution in [3.8, 4) is 0 Å². The molecule has 34 heavy (non-hydrogen) atoms. The summed E-state index contributed by atoms with van der Waals surface area (Å²) in [6.45, 7) is 1.19. The fraction of sp³-hybridized carbons (Fsp3) is 0.462. The van der Waals surface area contributed by atoms with E-state index < -0.39 is 10.0 Å². The Bertz CT molecular complexity index is 1180. The number of sulfonamides is 1. The fourth-order valence-corrected chi connectivity index (χ4v) is 8.01. The average Bonchev–Trinajstić information content (AvgIpc) is 3.32. The van der Waals surface area contributed by atoms with Crippen LogP contribution in [0.25, 0.3) is 0 Å². The van der Waals surface area contributed by atoms with Gasteiger partial charge >= 0.3 is 0 Å². The number of piperidine rings is 1. The van der Waals surface area contributed by atoms with Gasteiger partial charge in [0.1, 0.15) is 5.82 Å². The summed E-state index contributed by atoms with van der Waals surface area (Å²) < 4.78 is 27.8. The molecule has 1 saturated carbocycles. The number of pyridine rings is 1. The van der Waals surface area contributed by atoms with Gasteiger partial charge in [0.15, 0.2) is 5.13 Å². The number of nitrogens with one attached hydrogen (secondary N) is 1. The molecule has 1 N–H and O–H groups in total. The maximum absolute atomic E-state index is 13.1. The zero-order valence-corrected chi connectivity index (χ0v) is 21.0. The number of hydrogen-bond acceptors (Lipinski definition) is 6. The second kappa shape index (κ2) is 10.5. The molecule has 1 saturated heterocycles. The second-order valence-corrected chi connectivity index (χ2v) is 12.7. The van der Waals surface area contributed by atoms with Crippen LogP contribution >= 0.6 is 11.3 Å². The van der Waals surface area contributed by atoms with Gasteiger partial charge in [-0.2, -0.15) is 0 Å². The van der Waals surface area contributed by atoms with Crippen molar-refractivity contribution in [3.05, 3.63) is 70.9 Å². The summed E-state index contributed by atoms with van der Waals surface area (Å²) >= 11 is 1.64. The van der Waals surface area contributed by atoms with Gasteiger partial charge in [0.25, 0.3) is 0 Å². The SMILES string of the molecule is O=S(=O)(C1CCCCC1)N1CCC(c2cccc(Nc3ncc(Cc4ccccc4)s3)n2)CC1. The quantitative estimate of drug-likeness (QED) is 0.453. The summed E-state index contributed by atoms with van der Waals surface area (Å²) in [7, 11) is -3.17. The minimum atomic E-state index is -3.17. The van der Waals surface area contributed by atoms with Gasteiger partial charge in [-0.1, -0.05) is 55.7 Å². The maximum Gasteiger partial charge on any atom is 0.216 e. The topological polar surface area (TPSA) is 75.2 Å². The van der Waals surface area contributed by atoms with Crippen LogP contribution in [0.2, 0.25) is 0 Å². The number of thiazole rings is 1. The molecule has 0 spiro atoms. The largest absolute Gasteiger partial charge is 0.316 e. The molecule has 3 aromatic rings. The van der Waals surface area contributed by atoms with Crippen molar-refractivity contribution in [1.29, 1.82) is 0 Å². The van der Waals surface area contributed by atoms with E-state index in [1.165, 1.54) is 16.9 Å². The molecule has 1 aliphatic carbocycles. The normalized spacial score (nSPS) is 18.7. The smallest absolute Gasteiger partial charge is 0.216 e. The Hall–Kier alpha value is -2.29. The van der Waals surface area contributed by atoms with Gasteiger partial charge in [-0.25, -0.2) is 22.7 Å². The first-order chi connectivity index (χ1) is 16.6. The van der Waals surface area contributed by atoms with E-state index in [4.69, 9.17) is 4.98 Å². The predicted octanol–water partition coefficient (Wildman–Crippen LogP) is 5.71. The van der Waals surface area contributed by atoms with E-state index in [1.807, 2.05) is 24.4 Å².